The van der Waals surface area contributed by atoms with Gasteiger partial charge in [-0.2, -0.15) is 0 Å². The van der Waals surface area contributed by atoms with Crippen molar-refractivity contribution >= 4 is 46.3 Å². The summed E-state index contributed by atoms with van der Waals surface area (Å²) in [4.78, 5) is 7.15. The number of para-hydroxylation sites is 1. The van der Waals surface area contributed by atoms with Gasteiger partial charge in [0.2, 0.25) is 0 Å². The van der Waals surface area contributed by atoms with E-state index in [1.807, 2.05) is 73.7 Å². The number of aliphatic imine (C=N–C) groups is 1. The van der Waals surface area contributed by atoms with Gasteiger partial charge in [-0.05, 0) is 24.6 Å². The SMILES string of the molecule is C[C@](O)(c1ccccc1)[C@@H]1CN(c2ccccc2)C(c2ccccc2)=N1.ClC(Cl)Cl. The molecule has 0 saturated heterocycles. The van der Waals surface area contributed by atoms with E-state index in [0.717, 1.165) is 22.6 Å². The van der Waals surface area contributed by atoms with Crippen LogP contribution in [-0.4, -0.2) is 27.8 Å². The zero-order valence-corrected chi connectivity index (χ0v) is 18.8. The average molecular weight is 462 g/mol. The molecule has 0 saturated carbocycles. The predicted molar refractivity (Wildman–Crippen MR) is 128 cm³/mol. The summed E-state index contributed by atoms with van der Waals surface area (Å²) in [6.07, 6.45) is 0. The summed E-state index contributed by atoms with van der Waals surface area (Å²) in [5, 5.41) is 11.3. The molecule has 4 rings (SSSR count). The molecule has 156 valence electrons. The monoisotopic (exact) mass is 460 g/mol. The van der Waals surface area contributed by atoms with Crippen LogP contribution in [0, 0.1) is 0 Å². The molecular weight excluding hydrogens is 439 g/mol. The molecule has 6 heteroatoms. The van der Waals surface area contributed by atoms with Crippen molar-refractivity contribution in [1.82, 2.24) is 0 Å². The Balaban J connectivity index is 0.000000589. The van der Waals surface area contributed by atoms with Crippen molar-refractivity contribution < 1.29 is 5.11 Å². The van der Waals surface area contributed by atoms with Gasteiger partial charge in [0.25, 0.3) is 0 Å². The average Bonchev–Trinajstić information content (AvgIpc) is 3.22. The highest BCUT2D eigenvalue weighted by atomic mass is 35.6. The minimum atomic E-state index is -1.04. The summed E-state index contributed by atoms with van der Waals surface area (Å²) in [5.41, 5.74) is 1.99. The van der Waals surface area contributed by atoms with Gasteiger partial charge in [0.1, 0.15) is 17.5 Å². The molecule has 0 amide bonds. The second-order valence-electron chi connectivity index (χ2n) is 7.04. The maximum atomic E-state index is 11.3. The highest BCUT2D eigenvalue weighted by Gasteiger charge is 2.40. The van der Waals surface area contributed by atoms with Gasteiger partial charge in [0.05, 0.1) is 6.54 Å². The lowest BCUT2D eigenvalue weighted by atomic mass is 9.88. The Hall–Kier alpha value is -2.04. The molecule has 3 aromatic rings. The van der Waals surface area contributed by atoms with Crippen LogP contribution in [0.5, 0.6) is 0 Å². The molecule has 0 fully saturated rings. The van der Waals surface area contributed by atoms with E-state index in [1.54, 1.807) is 0 Å². The number of halogens is 3. The van der Waals surface area contributed by atoms with Gasteiger partial charge < -0.3 is 10.0 Å². The van der Waals surface area contributed by atoms with Crippen molar-refractivity contribution in [2.24, 2.45) is 4.99 Å². The second kappa shape index (κ2) is 10.3. The minimum Gasteiger partial charge on any atom is -0.383 e. The van der Waals surface area contributed by atoms with E-state index in [-0.39, 0.29) is 6.04 Å². The van der Waals surface area contributed by atoms with Crippen LogP contribution in [0.1, 0.15) is 18.1 Å². The van der Waals surface area contributed by atoms with E-state index in [2.05, 4.69) is 29.2 Å². The first kappa shape index (κ1) is 22.6. The van der Waals surface area contributed by atoms with E-state index in [4.69, 9.17) is 39.8 Å². The maximum Gasteiger partial charge on any atom is 0.180 e. The van der Waals surface area contributed by atoms with E-state index in [0.29, 0.717) is 6.54 Å². The lowest BCUT2D eigenvalue weighted by Crippen LogP contribution is -2.39. The molecule has 3 aromatic carbocycles. The Bertz CT molecular complexity index is 945. The number of hydrogen-bond donors (Lipinski definition) is 1. The van der Waals surface area contributed by atoms with Gasteiger partial charge in [-0.15, -0.1) is 0 Å². The standard InChI is InChI=1S/C23H22N2O.CHCl3/c1-23(26,19-13-7-3-8-14-19)21-17-25(20-15-9-4-10-16-20)22(24-21)18-11-5-2-6-12-18;2-1(3)4/h2-16,21,26H,17H2,1H3;1H/t21-,23-;/m0./s1. The topological polar surface area (TPSA) is 35.8 Å². The fourth-order valence-electron chi connectivity index (χ4n) is 3.44. The molecule has 1 aliphatic heterocycles. The van der Waals surface area contributed by atoms with Gasteiger partial charge in [-0.25, -0.2) is 0 Å². The highest BCUT2D eigenvalue weighted by molar-refractivity contribution is 6.63. The minimum absolute atomic E-state index is 0.250. The Morgan fingerprint density at radius 1 is 0.867 bits per heavy atom. The third-order valence-electron chi connectivity index (χ3n) is 5.00. The molecule has 0 bridgehead atoms. The summed E-state index contributed by atoms with van der Waals surface area (Å²) < 4.78 is -0.750. The molecule has 0 unspecified atom stereocenters. The number of alkyl halides is 3. The van der Waals surface area contributed by atoms with Crippen molar-refractivity contribution in [3.63, 3.8) is 0 Å². The van der Waals surface area contributed by atoms with Crippen molar-refractivity contribution in [3.05, 3.63) is 102 Å². The van der Waals surface area contributed by atoms with Crippen molar-refractivity contribution in [2.45, 2.75) is 22.9 Å². The first-order valence-corrected chi connectivity index (χ1v) is 10.9. The molecule has 1 N–H and O–H groups in total. The van der Waals surface area contributed by atoms with Crippen LogP contribution in [0.2, 0.25) is 0 Å². The lowest BCUT2D eigenvalue weighted by Gasteiger charge is -2.29. The van der Waals surface area contributed by atoms with Gasteiger partial charge in [0, 0.05) is 11.3 Å². The summed E-state index contributed by atoms with van der Waals surface area (Å²) >= 11 is 14.4. The molecule has 0 spiro atoms. The number of amidine groups is 1. The number of hydrogen-bond acceptors (Lipinski definition) is 3. The third-order valence-corrected chi connectivity index (χ3v) is 5.00. The summed E-state index contributed by atoms with van der Waals surface area (Å²) in [6.45, 7) is 2.49. The van der Waals surface area contributed by atoms with Crippen molar-refractivity contribution in [1.29, 1.82) is 0 Å². The highest BCUT2D eigenvalue weighted by Crippen LogP contribution is 2.33. The van der Waals surface area contributed by atoms with E-state index >= 15 is 0 Å². The quantitative estimate of drug-likeness (QED) is 0.468. The van der Waals surface area contributed by atoms with Gasteiger partial charge in [-0.1, -0.05) is 114 Å². The molecule has 0 radical (unpaired) electrons. The van der Waals surface area contributed by atoms with Crippen LogP contribution >= 0.6 is 34.8 Å². The normalized spacial score (nSPS) is 17.7. The molecule has 1 heterocycles. The second-order valence-corrected chi connectivity index (χ2v) is 9.02. The summed E-state index contributed by atoms with van der Waals surface area (Å²) in [7, 11) is 0. The molecule has 3 nitrogen and oxygen atoms in total. The fourth-order valence-corrected chi connectivity index (χ4v) is 3.44. The number of rotatable bonds is 4. The van der Waals surface area contributed by atoms with Crippen molar-refractivity contribution in [2.75, 3.05) is 11.4 Å². The van der Waals surface area contributed by atoms with Crippen LogP contribution in [-0.2, 0) is 5.60 Å². The molecular formula is C24H23Cl3N2O. The van der Waals surface area contributed by atoms with Crippen LogP contribution < -0.4 is 4.90 Å². The summed E-state index contributed by atoms with van der Waals surface area (Å²) in [5.74, 6) is 0.901. The molecule has 1 aliphatic rings. The van der Waals surface area contributed by atoms with Crippen LogP contribution in [0.3, 0.4) is 0 Å². The smallest absolute Gasteiger partial charge is 0.180 e. The Labute approximate surface area is 192 Å². The van der Waals surface area contributed by atoms with E-state index in [9.17, 15) is 5.11 Å². The molecule has 2 atom stereocenters. The lowest BCUT2D eigenvalue weighted by molar-refractivity contribution is 0.0351. The zero-order valence-electron chi connectivity index (χ0n) is 16.5. The first-order valence-electron chi connectivity index (χ1n) is 9.55. The van der Waals surface area contributed by atoms with Crippen LogP contribution in [0.25, 0.3) is 0 Å². The van der Waals surface area contributed by atoms with Gasteiger partial charge >= 0.3 is 0 Å². The van der Waals surface area contributed by atoms with Gasteiger partial charge in [-0.3, -0.25) is 4.99 Å². The molecule has 30 heavy (non-hydrogen) atoms. The number of anilines is 1. The van der Waals surface area contributed by atoms with Crippen LogP contribution in [0.15, 0.2) is 96.0 Å². The van der Waals surface area contributed by atoms with E-state index in [1.165, 1.54) is 0 Å². The Morgan fingerprint density at radius 3 is 1.87 bits per heavy atom. The maximum absolute atomic E-state index is 11.3. The number of aliphatic hydroxyl groups is 1. The largest absolute Gasteiger partial charge is 0.383 e. The molecule has 0 aliphatic carbocycles. The van der Waals surface area contributed by atoms with E-state index < -0.39 is 9.90 Å². The number of nitrogens with zero attached hydrogens (tertiary/aromatic N) is 2. The summed E-state index contributed by atoms with van der Waals surface area (Å²) in [6, 6.07) is 29.9. The third kappa shape index (κ3) is 5.55. The zero-order chi connectivity index (χ0) is 21.6. The Kier molecular flexibility index (Phi) is 7.79. The fraction of sp³-hybridized carbons (Fsp3) is 0.208. The number of benzene rings is 3. The first-order chi connectivity index (χ1) is 14.4. The Morgan fingerprint density at radius 2 is 1.33 bits per heavy atom. The van der Waals surface area contributed by atoms with Crippen molar-refractivity contribution in [3.8, 4) is 0 Å². The predicted octanol–water partition coefficient (Wildman–Crippen LogP) is 6.22. The van der Waals surface area contributed by atoms with Gasteiger partial charge in [0.15, 0.2) is 4.30 Å². The van der Waals surface area contributed by atoms with Crippen LogP contribution in [0.4, 0.5) is 5.69 Å². The molecule has 0 aromatic heterocycles.